The number of rotatable bonds is 4. The summed E-state index contributed by atoms with van der Waals surface area (Å²) < 4.78 is 13.4. The fraction of sp³-hybridized carbons (Fsp3) is 0.500. The lowest BCUT2D eigenvalue weighted by molar-refractivity contribution is -0.119. The van der Waals surface area contributed by atoms with E-state index in [9.17, 15) is 9.18 Å². The second-order valence-electron chi connectivity index (χ2n) is 4.94. The Bertz CT molecular complexity index is 405. The van der Waals surface area contributed by atoms with Gasteiger partial charge in [0.15, 0.2) is 5.78 Å². The number of likely N-dealkylation sites (tertiary alicyclic amines) is 1. The van der Waals surface area contributed by atoms with E-state index in [1.165, 1.54) is 6.07 Å². The zero-order valence-electron chi connectivity index (χ0n) is 10.2. The Morgan fingerprint density at radius 2 is 2.24 bits per heavy atom. The summed E-state index contributed by atoms with van der Waals surface area (Å²) in [6.07, 6.45) is 1.37. The molecule has 1 unspecified atom stereocenters. The summed E-state index contributed by atoms with van der Waals surface area (Å²) in [6.45, 7) is 4.63. The second-order valence-corrected chi connectivity index (χ2v) is 4.94. The van der Waals surface area contributed by atoms with E-state index in [4.69, 9.17) is 0 Å². The van der Waals surface area contributed by atoms with E-state index in [1.54, 1.807) is 18.2 Å². The molecular weight excluding hydrogens is 217 g/mol. The maximum Gasteiger partial charge on any atom is 0.151 e. The number of carbonyl (C=O) groups is 1. The number of nitrogens with zero attached hydrogens (tertiary/aromatic N) is 1. The first-order valence-electron chi connectivity index (χ1n) is 6.12. The van der Waals surface area contributed by atoms with Crippen molar-refractivity contribution in [2.75, 3.05) is 19.6 Å². The molecule has 3 heteroatoms. The number of hydrogen-bond acceptors (Lipinski definition) is 2. The van der Waals surface area contributed by atoms with Crippen molar-refractivity contribution in [1.29, 1.82) is 0 Å². The zero-order valence-corrected chi connectivity index (χ0v) is 10.2. The Morgan fingerprint density at radius 1 is 1.47 bits per heavy atom. The first-order chi connectivity index (χ1) is 8.15. The number of ketones is 1. The maximum absolute atomic E-state index is 13.4. The Hall–Kier alpha value is -1.22. The first-order valence-corrected chi connectivity index (χ1v) is 6.12. The van der Waals surface area contributed by atoms with Crippen molar-refractivity contribution in [1.82, 2.24) is 4.90 Å². The van der Waals surface area contributed by atoms with Crippen molar-refractivity contribution in [3.8, 4) is 0 Å². The van der Waals surface area contributed by atoms with Gasteiger partial charge in [-0.2, -0.15) is 0 Å². The summed E-state index contributed by atoms with van der Waals surface area (Å²) >= 11 is 0. The van der Waals surface area contributed by atoms with Crippen LogP contribution in [-0.4, -0.2) is 30.3 Å². The van der Waals surface area contributed by atoms with E-state index in [1.807, 2.05) is 0 Å². The van der Waals surface area contributed by atoms with Crippen LogP contribution in [0, 0.1) is 11.7 Å². The predicted molar refractivity (Wildman–Crippen MR) is 65.3 cm³/mol. The van der Waals surface area contributed by atoms with Crippen molar-refractivity contribution in [3.05, 3.63) is 35.6 Å². The van der Waals surface area contributed by atoms with Crippen LogP contribution in [0.1, 0.15) is 18.9 Å². The highest BCUT2D eigenvalue weighted by atomic mass is 19.1. The van der Waals surface area contributed by atoms with Crippen molar-refractivity contribution >= 4 is 5.78 Å². The summed E-state index contributed by atoms with van der Waals surface area (Å²) in [6, 6.07) is 6.50. The van der Waals surface area contributed by atoms with Crippen LogP contribution in [0.2, 0.25) is 0 Å². The molecule has 1 atom stereocenters. The van der Waals surface area contributed by atoms with E-state index in [-0.39, 0.29) is 18.0 Å². The minimum atomic E-state index is -0.282. The Labute approximate surface area is 101 Å². The van der Waals surface area contributed by atoms with Crippen LogP contribution in [0.3, 0.4) is 0 Å². The lowest BCUT2D eigenvalue weighted by Gasteiger charge is -2.14. The minimum absolute atomic E-state index is 0.101. The van der Waals surface area contributed by atoms with E-state index >= 15 is 0 Å². The molecule has 0 spiro atoms. The molecule has 2 nitrogen and oxygen atoms in total. The lowest BCUT2D eigenvalue weighted by atomic mass is 10.1. The van der Waals surface area contributed by atoms with E-state index in [0.29, 0.717) is 18.0 Å². The molecule has 92 valence electrons. The molecule has 1 heterocycles. The predicted octanol–water partition coefficient (Wildman–Crippen LogP) is 2.28. The number of benzene rings is 1. The largest absolute Gasteiger partial charge is 0.298 e. The molecule has 0 bridgehead atoms. The Balaban J connectivity index is 1.87. The van der Waals surface area contributed by atoms with Crippen LogP contribution >= 0.6 is 0 Å². The highest BCUT2D eigenvalue weighted by molar-refractivity contribution is 5.82. The third-order valence-electron chi connectivity index (χ3n) is 3.25. The smallest absolute Gasteiger partial charge is 0.151 e. The van der Waals surface area contributed by atoms with Crippen LogP contribution in [0.25, 0.3) is 0 Å². The summed E-state index contributed by atoms with van der Waals surface area (Å²) in [5, 5.41) is 0. The third kappa shape index (κ3) is 3.37. The van der Waals surface area contributed by atoms with Crippen LogP contribution in [0.15, 0.2) is 24.3 Å². The molecule has 1 aromatic rings. The SMILES string of the molecule is CC1CCN(CC(=O)Cc2ccccc2F)C1. The lowest BCUT2D eigenvalue weighted by Crippen LogP contribution is -2.28. The highest BCUT2D eigenvalue weighted by Crippen LogP contribution is 2.15. The van der Waals surface area contributed by atoms with Gasteiger partial charge in [0.1, 0.15) is 5.82 Å². The molecule has 1 aliphatic rings. The molecule has 0 saturated carbocycles. The molecule has 0 radical (unpaired) electrons. The van der Waals surface area contributed by atoms with Gasteiger partial charge in [-0.25, -0.2) is 4.39 Å². The van der Waals surface area contributed by atoms with Crippen LogP contribution in [-0.2, 0) is 11.2 Å². The molecule has 0 N–H and O–H groups in total. The Kier molecular flexibility index (Phi) is 3.89. The molecule has 1 aromatic carbocycles. The number of carbonyl (C=O) groups excluding carboxylic acids is 1. The molecule has 2 rings (SSSR count). The maximum atomic E-state index is 13.4. The van der Waals surface area contributed by atoms with Gasteiger partial charge in [-0.05, 0) is 30.5 Å². The Morgan fingerprint density at radius 3 is 2.88 bits per heavy atom. The summed E-state index contributed by atoms with van der Waals surface area (Å²) in [5.41, 5.74) is 0.504. The van der Waals surface area contributed by atoms with Gasteiger partial charge in [0, 0.05) is 13.0 Å². The number of Topliss-reactive ketones (excluding diaryl/α,β-unsaturated/α-hetero) is 1. The summed E-state index contributed by atoms with van der Waals surface area (Å²) in [5.74, 6) is 0.496. The zero-order chi connectivity index (χ0) is 12.3. The number of halogens is 1. The summed E-state index contributed by atoms with van der Waals surface area (Å²) in [7, 11) is 0. The first kappa shape index (κ1) is 12.2. The van der Waals surface area contributed by atoms with Gasteiger partial charge in [0.2, 0.25) is 0 Å². The molecule has 0 amide bonds. The summed E-state index contributed by atoms with van der Waals surface area (Å²) in [4.78, 5) is 14.0. The normalized spacial score (nSPS) is 20.7. The van der Waals surface area contributed by atoms with Crippen molar-refractivity contribution in [2.45, 2.75) is 19.8 Å². The molecule has 0 aliphatic carbocycles. The van der Waals surface area contributed by atoms with Gasteiger partial charge in [-0.15, -0.1) is 0 Å². The fourth-order valence-electron chi connectivity index (χ4n) is 2.33. The third-order valence-corrected chi connectivity index (χ3v) is 3.25. The topological polar surface area (TPSA) is 20.3 Å². The second kappa shape index (κ2) is 5.41. The molecule has 17 heavy (non-hydrogen) atoms. The van der Waals surface area contributed by atoms with Gasteiger partial charge < -0.3 is 0 Å². The quantitative estimate of drug-likeness (QED) is 0.798. The van der Waals surface area contributed by atoms with Crippen molar-refractivity contribution in [2.24, 2.45) is 5.92 Å². The fourth-order valence-corrected chi connectivity index (χ4v) is 2.33. The van der Waals surface area contributed by atoms with E-state index in [2.05, 4.69) is 11.8 Å². The van der Waals surface area contributed by atoms with Gasteiger partial charge in [-0.1, -0.05) is 25.1 Å². The standard InChI is InChI=1S/C14H18FNO/c1-11-6-7-16(9-11)10-13(17)8-12-4-2-3-5-14(12)15/h2-5,11H,6-10H2,1H3. The molecule has 1 aliphatic heterocycles. The molecular formula is C14H18FNO. The van der Waals surface area contributed by atoms with Gasteiger partial charge in [0.05, 0.1) is 6.54 Å². The van der Waals surface area contributed by atoms with Gasteiger partial charge >= 0.3 is 0 Å². The van der Waals surface area contributed by atoms with E-state index in [0.717, 1.165) is 19.5 Å². The van der Waals surface area contributed by atoms with Crippen LogP contribution in [0.4, 0.5) is 4.39 Å². The minimum Gasteiger partial charge on any atom is -0.298 e. The van der Waals surface area contributed by atoms with Gasteiger partial charge in [-0.3, -0.25) is 9.69 Å². The highest BCUT2D eigenvalue weighted by Gasteiger charge is 2.20. The van der Waals surface area contributed by atoms with Gasteiger partial charge in [0.25, 0.3) is 0 Å². The number of hydrogen-bond donors (Lipinski definition) is 0. The monoisotopic (exact) mass is 235 g/mol. The van der Waals surface area contributed by atoms with Crippen molar-refractivity contribution in [3.63, 3.8) is 0 Å². The molecule has 0 aromatic heterocycles. The van der Waals surface area contributed by atoms with Crippen molar-refractivity contribution < 1.29 is 9.18 Å². The van der Waals surface area contributed by atoms with Crippen LogP contribution in [0.5, 0.6) is 0 Å². The van der Waals surface area contributed by atoms with Crippen LogP contribution < -0.4 is 0 Å². The molecule has 1 saturated heterocycles. The average Bonchev–Trinajstić information content (AvgIpc) is 2.67. The molecule has 1 fully saturated rings. The average molecular weight is 235 g/mol. The van der Waals surface area contributed by atoms with E-state index < -0.39 is 0 Å².